The van der Waals surface area contributed by atoms with Gasteiger partial charge in [0.05, 0.1) is 5.56 Å². The van der Waals surface area contributed by atoms with Crippen LogP contribution in [0.3, 0.4) is 0 Å². The summed E-state index contributed by atoms with van der Waals surface area (Å²) in [6, 6.07) is 7.65. The zero-order valence-electron chi connectivity index (χ0n) is 9.84. The number of hydrogen-bond donors (Lipinski definition) is 0. The molecule has 0 saturated carbocycles. The number of alkyl halides is 3. The highest BCUT2D eigenvalue weighted by atomic mass is 79.9. The minimum absolute atomic E-state index is 0.000720. The SMILES string of the molecule is O=C(c1ccc(F)cc1)c1ccc(Br)cc1C(F)(F)F. The van der Waals surface area contributed by atoms with Gasteiger partial charge in [0, 0.05) is 15.6 Å². The normalized spacial score (nSPS) is 11.4. The summed E-state index contributed by atoms with van der Waals surface area (Å²) in [4.78, 5) is 12.1. The average molecular weight is 347 g/mol. The molecule has 0 amide bonds. The number of rotatable bonds is 2. The number of hydrogen-bond acceptors (Lipinski definition) is 1. The third-order valence-corrected chi connectivity index (χ3v) is 3.13. The topological polar surface area (TPSA) is 17.1 Å². The fourth-order valence-corrected chi connectivity index (χ4v) is 2.07. The number of carbonyl (C=O) groups is 1. The summed E-state index contributed by atoms with van der Waals surface area (Å²) in [7, 11) is 0. The van der Waals surface area contributed by atoms with Crippen LogP contribution in [0.2, 0.25) is 0 Å². The molecule has 0 N–H and O–H groups in total. The van der Waals surface area contributed by atoms with Crippen molar-refractivity contribution in [1.82, 2.24) is 0 Å². The zero-order valence-corrected chi connectivity index (χ0v) is 11.4. The summed E-state index contributed by atoms with van der Waals surface area (Å²) in [6.07, 6.45) is -4.64. The van der Waals surface area contributed by atoms with Gasteiger partial charge in [-0.15, -0.1) is 0 Å². The van der Waals surface area contributed by atoms with Gasteiger partial charge in [-0.1, -0.05) is 15.9 Å². The first-order valence-electron chi connectivity index (χ1n) is 5.46. The minimum Gasteiger partial charge on any atom is -0.289 e. The van der Waals surface area contributed by atoms with Gasteiger partial charge in [0.15, 0.2) is 5.78 Å². The van der Waals surface area contributed by atoms with Crippen molar-refractivity contribution in [2.24, 2.45) is 0 Å². The monoisotopic (exact) mass is 346 g/mol. The first kappa shape index (κ1) is 14.7. The van der Waals surface area contributed by atoms with Gasteiger partial charge in [-0.2, -0.15) is 13.2 Å². The van der Waals surface area contributed by atoms with E-state index in [9.17, 15) is 22.4 Å². The van der Waals surface area contributed by atoms with Crippen molar-refractivity contribution in [3.63, 3.8) is 0 Å². The molecule has 0 aromatic heterocycles. The Balaban J connectivity index is 2.52. The van der Waals surface area contributed by atoms with E-state index in [0.29, 0.717) is 0 Å². The van der Waals surface area contributed by atoms with Gasteiger partial charge >= 0.3 is 6.18 Å². The van der Waals surface area contributed by atoms with Crippen molar-refractivity contribution in [3.05, 3.63) is 69.4 Å². The quantitative estimate of drug-likeness (QED) is 0.561. The van der Waals surface area contributed by atoms with E-state index in [2.05, 4.69) is 15.9 Å². The van der Waals surface area contributed by atoms with Crippen LogP contribution in [0.1, 0.15) is 21.5 Å². The Morgan fingerprint density at radius 3 is 2.15 bits per heavy atom. The fourth-order valence-electron chi connectivity index (χ4n) is 1.71. The minimum atomic E-state index is -4.64. The predicted molar refractivity (Wildman–Crippen MR) is 69.0 cm³/mol. The van der Waals surface area contributed by atoms with Crippen LogP contribution in [0.15, 0.2) is 46.9 Å². The van der Waals surface area contributed by atoms with Gasteiger partial charge in [0.25, 0.3) is 0 Å². The van der Waals surface area contributed by atoms with E-state index in [1.807, 2.05) is 0 Å². The molecule has 0 saturated heterocycles. The molecule has 0 spiro atoms. The highest BCUT2D eigenvalue weighted by Gasteiger charge is 2.35. The number of ketones is 1. The maximum Gasteiger partial charge on any atom is 0.417 e. The Morgan fingerprint density at radius 2 is 1.60 bits per heavy atom. The van der Waals surface area contributed by atoms with Crippen LogP contribution in [-0.2, 0) is 6.18 Å². The summed E-state index contributed by atoms with van der Waals surface area (Å²) in [5, 5.41) is 0. The number of carbonyl (C=O) groups excluding carboxylic acids is 1. The van der Waals surface area contributed by atoms with Crippen molar-refractivity contribution in [2.75, 3.05) is 0 Å². The van der Waals surface area contributed by atoms with E-state index >= 15 is 0 Å². The van der Waals surface area contributed by atoms with E-state index in [1.165, 1.54) is 6.07 Å². The van der Waals surface area contributed by atoms with Gasteiger partial charge in [-0.05, 0) is 42.5 Å². The second-order valence-corrected chi connectivity index (χ2v) is 4.94. The van der Waals surface area contributed by atoms with Crippen LogP contribution >= 0.6 is 15.9 Å². The molecule has 0 aliphatic carbocycles. The molecule has 2 aromatic rings. The molecule has 0 fully saturated rings. The molecule has 0 radical (unpaired) electrons. The largest absolute Gasteiger partial charge is 0.417 e. The molecule has 1 nitrogen and oxygen atoms in total. The Bertz CT molecular complexity index is 647. The van der Waals surface area contributed by atoms with Crippen molar-refractivity contribution >= 4 is 21.7 Å². The highest BCUT2D eigenvalue weighted by molar-refractivity contribution is 9.10. The van der Waals surface area contributed by atoms with Crippen molar-refractivity contribution in [2.45, 2.75) is 6.18 Å². The first-order chi connectivity index (χ1) is 9.29. The molecule has 20 heavy (non-hydrogen) atoms. The lowest BCUT2D eigenvalue weighted by Crippen LogP contribution is -2.14. The molecule has 0 atom stereocenters. The van der Waals surface area contributed by atoms with Crippen molar-refractivity contribution < 1.29 is 22.4 Å². The Labute approximate surface area is 120 Å². The molecule has 2 aromatic carbocycles. The highest BCUT2D eigenvalue weighted by Crippen LogP contribution is 2.34. The van der Waals surface area contributed by atoms with Crippen LogP contribution in [0, 0.1) is 5.82 Å². The predicted octanol–water partition coefficient (Wildman–Crippen LogP) is 4.84. The van der Waals surface area contributed by atoms with Crippen molar-refractivity contribution in [1.29, 1.82) is 0 Å². The molecule has 0 aliphatic rings. The van der Waals surface area contributed by atoms with E-state index < -0.39 is 28.9 Å². The summed E-state index contributed by atoms with van der Waals surface area (Å²) in [5.74, 6) is -1.36. The Kier molecular flexibility index (Phi) is 3.94. The van der Waals surface area contributed by atoms with E-state index in [-0.39, 0.29) is 10.0 Å². The molecular weight excluding hydrogens is 340 g/mol. The van der Waals surface area contributed by atoms with Gasteiger partial charge in [0.2, 0.25) is 0 Å². The summed E-state index contributed by atoms with van der Waals surface area (Å²) >= 11 is 2.94. The third-order valence-electron chi connectivity index (χ3n) is 2.64. The summed E-state index contributed by atoms with van der Waals surface area (Å²) < 4.78 is 51.8. The van der Waals surface area contributed by atoms with Crippen LogP contribution < -0.4 is 0 Å². The molecule has 0 unspecified atom stereocenters. The van der Waals surface area contributed by atoms with E-state index in [4.69, 9.17) is 0 Å². The number of halogens is 5. The van der Waals surface area contributed by atoms with E-state index in [0.717, 1.165) is 36.4 Å². The molecular formula is C14H7BrF4O. The van der Waals surface area contributed by atoms with Crippen LogP contribution in [-0.4, -0.2) is 5.78 Å². The van der Waals surface area contributed by atoms with Crippen molar-refractivity contribution in [3.8, 4) is 0 Å². The summed E-state index contributed by atoms with van der Waals surface area (Å²) in [5.41, 5.74) is -1.49. The second-order valence-electron chi connectivity index (χ2n) is 4.02. The maximum atomic E-state index is 12.9. The van der Waals surface area contributed by atoms with Gasteiger partial charge < -0.3 is 0 Å². The lowest BCUT2D eigenvalue weighted by Gasteiger charge is -2.12. The first-order valence-corrected chi connectivity index (χ1v) is 6.25. The molecule has 0 heterocycles. The van der Waals surface area contributed by atoms with Crippen LogP contribution in [0.25, 0.3) is 0 Å². The smallest absolute Gasteiger partial charge is 0.289 e. The molecule has 104 valence electrons. The zero-order chi connectivity index (χ0) is 14.9. The summed E-state index contributed by atoms with van der Waals surface area (Å²) in [6.45, 7) is 0. The molecule has 0 bridgehead atoms. The standard InChI is InChI=1S/C14H7BrF4O/c15-9-3-6-11(12(7-9)14(17,18)19)13(20)8-1-4-10(16)5-2-8/h1-7H. The third kappa shape index (κ3) is 3.07. The maximum absolute atomic E-state index is 12.9. The van der Waals surface area contributed by atoms with E-state index in [1.54, 1.807) is 0 Å². The van der Waals surface area contributed by atoms with Gasteiger partial charge in [-0.3, -0.25) is 4.79 Å². The van der Waals surface area contributed by atoms with Crippen LogP contribution in [0.4, 0.5) is 17.6 Å². The Morgan fingerprint density at radius 1 is 1.00 bits per heavy atom. The van der Waals surface area contributed by atoms with Gasteiger partial charge in [0.1, 0.15) is 5.82 Å². The molecule has 0 aliphatic heterocycles. The number of benzene rings is 2. The van der Waals surface area contributed by atoms with Crippen LogP contribution in [0.5, 0.6) is 0 Å². The second kappa shape index (κ2) is 5.36. The fraction of sp³-hybridized carbons (Fsp3) is 0.0714. The van der Waals surface area contributed by atoms with Gasteiger partial charge in [-0.25, -0.2) is 4.39 Å². The molecule has 6 heteroatoms. The Hall–Kier alpha value is -1.69. The lowest BCUT2D eigenvalue weighted by atomic mass is 9.98. The lowest BCUT2D eigenvalue weighted by molar-refractivity contribution is -0.137. The average Bonchev–Trinajstić information content (AvgIpc) is 2.38. The molecule has 2 rings (SSSR count).